The normalized spacial score (nSPS) is 14.2. The molecule has 12 rings (SSSR count). The number of benzene rings is 9. The van der Waals surface area contributed by atoms with Crippen molar-refractivity contribution in [2.75, 3.05) is 9.80 Å². The van der Waals surface area contributed by atoms with Gasteiger partial charge in [0.15, 0.2) is 11.2 Å². The summed E-state index contributed by atoms with van der Waals surface area (Å²) in [5.41, 5.74) is 13.2. The molecule has 9 aromatic carbocycles. The minimum absolute atomic E-state index is 0.00297. The van der Waals surface area contributed by atoms with Crippen molar-refractivity contribution in [2.24, 2.45) is 5.92 Å². The molecule has 0 aliphatic heterocycles. The number of anilines is 5. The van der Waals surface area contributed by atoms with Crippen LogP contribution < -0.4 is 15.0 Å². The lowest BCUT2D eigenvalue weighted by molar-refractivity contribution is 0.649. The second-order valence-electron chi connectivity index (χ2n) is 17.5. The van der Waals surface area contributed by atoms with Gasteiger partial charge in [-0.05, 0) is 105 Å². The summed E-state index contributed by atoms with van der Waals surface area (Å²) >= 11 is 0. The van der Waals surface area contributed by atoms with Gasteiger partial charge in [0, 0.05) is 38.3 Å². The van der Waals surface area contributed by atoms with Gasteiger partial charge in [0.1, 0.15) is 11.2 Å². The highest BCUT2D eigenvalue weighted by molar-refractivity contribution is 6.20. The fourth-order valence-electron chi connectivity index (χ4n) is 10.6. The summed E-state index contributed by atoms with van der Waals surface area (Å²) in [4.78, 5) is 5.00. The molecule has 300 valence electrons. The minimum atomic E-state index is -0.00297. The maximum atomic E-state index is 6.80. The third kappa shape index (κ3) is 5.45. The maximum absolute atomic E-state index is 6.80. The molecule has 0 amide bonds. The Bertz CT molecular complexity index is 3580. The van der Waals surface area contributed by atoms with Crippen LogP contribution in [0.4, 0.5) is 28.4 Å². The van der Waals surface area contributed by atoms with E-state index >= 15 is 0 Å². The van der Waals surface area contributed by atoms with E-state index in [2.05, 4.69) is 213 Å². The second kappa shape index (κ2) is 14.1. The van der Waals surface area contributed by atoms with Crippen LogP contribution in [0, 0.1) is 5.92 Å². The molecule has 1 unspecified atom stereocenters. The number of hydrogen-bond donors (Lipinski definition) is 0. The minimum Gasteiger partial charge on any atom is -0.454 e. The molecule has 1 atom stereocenters. The summed E-state index contributed by atoms with van der Waals surface area (Å²) in [6.45, 7) is 9.39. The molecule has 2 heterocycles. The van der Waals surface area contributed by atoms with Gasteiger partial charge in [0.05, 0.1) is 23.1 Å². The average Bonchev–Trinajstić information content (AvgIpc) is 3.89. The highest BCUT2D eigenvalue weighted by Crippen LogP contribution is 2.51. The Hall–Kier alpha value is -7.30. The largest absolute Gasteiger partial charge is 0.454 e. The monoisotopic (exact) mass is 802 g/mol. The molecule has 0 saturated heterocycles. The van der Waals surface area contributed by atoms with Crippen molar-refractivity contribution in [1.82, 2.24) is 0 Å². The molecule has 0 bridgehead atoms. The van der Waals surface area contributed by atoms with Crippen LogP contribution in [0.1, 0.15) is 57.2 Å². The van der Waals surface area contributed by atoms with Crippen LogP contribution in [0.5, 0.6) is 0 Å². The molecule has 0 saturated carbocycles. The summed E-state index contributed by atoms with van der Waals surface area (Å²) in [6.07, 6.45) is 0.887. The summed E-state index contributed by atoms with van der Waals surface area (Å²) in [7, 11) is 0. The van der Waals surface area contributed by atoms with Crippen molar-refractivity contribution in [3.63, 3.8) is 0 Å². The lowest BCUT2D eigenvalue weighted by Gasteiger charge is -2.39. The van der Waals surface area contributed by atoms with Crippen LogP contribution in [-0.4, -0.2) is 0 Å². The lowest BCUT2D eigenvalue weighted by atomic mass is 9.78. The first-order chi connectivity index (χ1) is 30.4. The number of para-hydroxylation sites is 6. The standard InChI is InChI=1S/C58H46N2O2/c1-35(2)47-33-51(59(37-17-7-5-8-18-37)49-25-15-23-43-39-21-11-13-27-53(39)61-57(43)49)45-32-30-42-48(36(3)4)34-52(46-31-29-41(47)55(45)56(42)46)60(38-19-9-6-10-20-38)50-26-16-24-44-40-22-12-14-28-54(40)62-58(44)50/h5-33,35-36,52H,34H2,1-4H3. The number of nitrogens with zero attached hydrogens (tertiary/aromatic N) is 2. The fourth-order valence-corrected chi connectivity index (χ4v) is 10.6. The Morgan fingerprint density at radius 2 is 1.02 bits per heavy atom. The number of hydrogen-bond acceptors (Lipinski definition) is 4. The molecule has 0 spiro atoms. The van der Waals surface area contributed by atoms with Gasteiger partial charge in [-0.1, -0.05) is 155 Å². The predicted octanol–water partition coefficient (Wildman–Crippen LogP) is 16.2. The SMILES string of the molecule is CC(C)C1=c2ccc3c(N(c4ccccc4)c4cccc5c4oc4ccccc45)cc(C(C)C)c4ccc(c2c43)C(N(c2ccccc2)c2cccc3c2oc2ccccc23)C1. The lowest BCUT2D eigenvalue weighted by Crippen LogP contribution is -2.31. The molecule has 0 radical (unpaired) electrons. The van der Waals surface area contributed by atoms with E-state index in [1.165, 1.54) is 43.5 Å². The van der Waals surface area contributed by atoms with Gasteiger partial charge < -0.3 is 18.6 Å². The first kappa shape index (κ1) is 36.5. The van der Waals surface area contributed by atoms with Crippen LogP contribution in [-0.2, 0) is 0 Å². The Labute approximate surface area is 360 Å². The Morgan fingerprint density at radius 1 is 0.452 bits per heavy atom. The molecule has 62 heavy (non-hydrogen) atoms. The Morgan fingerprint density at radius 3 is 1.66 bits per heavy atom. The molecule has 1 aliphatic rings. The zero-order valence-corrected chi connectivity index (χ0v) is 35.4. The Kier molecular flexibility index (Phi) is 8.33. The van der Waals surface area contributed by atoms with E-state index in [1.54, 1.807) is 0 Å². The summed E-state index contributed by atoms with van der Waals surface area (Å²) in [5.74, 6) is 0.607. The van der Waals surface area contributed by atoms with Gasteiger partial charge in [-0.2, -0.15) is 0 Å². The molecular weight excluding hydrogens is 757 g/mol. The molecular formula is C58H46N2O2. The molecule has 1 aliphatic carbocycles. The first-order valence-electron chi connectivity index (χ1n) is 22.0. The van der Waals surface area contributed by atoms with Gasteiger partial charge >= 0.3 is 0 Å². The smallest absolute Gasteiger partial charge is 0.159 e. The van der Waals surface area contributed by atoms with E-state index in [0.717, 1.165) is 78.7 Å². The summed E-state index contributed by atoms with van der Waals surface area (Å²) < 4.78 is 13.6. The van der Waals surface area contributed by atoms with Crippen molar-refractivity contribution >= 4 is 99.4 Å². The predicted molar refractivity (Wildman–Crippen MR) is 261 cm³/mol. The Balaban J connectivity index is 1.17. The van der Waals surface area contributed by atoms with Gasteiger partial charge in [-0.3, -0.25) is 0 Å². The van der Waals surface area contributed by atoms with E-state index in [4.69, 9.17) is 8.83 Å². The zero-order valence-electron chi connectivity index (χ0n) is 35.4. The van der Waals surface area contributed by atoms with Crippen molar-refractivity contribution in [2.45, 2.75) is 46.1 Å². The molecule has 4 heteroatoms. The van der Waals surface area contributed by atoms with Crippen LogP contribution in [0.2, 0.25) is 0 Å². The van der Waals surface area contributed by atoms with Crippen LogP contribution >= 0.6 is 0 Å². The van der Waals surface area contributed by atoms with Gasteiger partial charge in [0.2, 0.25) is 0 Å². The third-order valence-corrected chi connectivity index (χ3v) is 13.4. The zero-order chi connectivity index (χ0) is 41.6. The second-order valence-corrected chi connectivity index (χ2v) is 17.5. The highest BCUT2D eigenvalue weighted by Gasteiger charge is 2.34. The molecule has 2 aromatic heterocycles. The molecule has 0 N–H and O–H groups in total. The van der Waals surface area contributed by atoms with E-state index < -0.39 is 0 Å². The number of rotatable bonds is 8. The van der Waals surface area contributed by atoms with Crippen LogP contribution in [0.3, 0.4) is 0 Å². The van der Waals surface area contributed by atoms with Gasteiger partial charge in [0.25, 0.3) is 0 Å². The number of fused-ring (bicyclic) bond motifs is 6. The van der Waals surface area contributed by atoms with Crippen LogP contribution in [0.15, 0.2) is 185 Å². The summed E-state index contributed by atoms with van der Waals surface area (Å²) in [6, 6.07) is 63.8. The molecule has 4 nitrogen and oxygen atoms in total. The van der Waals surface area contributed by atoms with Crippen molar-refractivity contribution in [3.05, 3.63) is 192 Å². The average molecular weight is 803 g/mol. The molecule has 11 aromatic rings. The van der Waals surface area contributed by atoms with Crippen molar-refractivity contribution in [3.8, 4) is 0 Å². The van der Waals surface area contributed by atoms with Gasteiger partial charge in [-0.15, -0.1) is 0 Å². The first-order valence-corrected chi connectivity index (χ1v) is 22.0. The summed E-state index contributed by atoms with van der Waals surface area (Å²) in [5, 5.41) is 11.0. The quantitative estimate of drug-likeness (QED) is 0.153. The third-order valence-electron chi connectivity index (χ3n) is 13.4. The van der Waals surface area contributed by atoms with Crippen molar-refractivity contribution < 1.29 is 8.83 Å². The maximum Gasteiger partial charge on any atom is 0.159 e. The van der Waals surface area contributed by atoms with E-state index in [0.29, 0.717) is 5.92 Å². The molecule has 0 fully saturated rings. The topological polar surface area (TPSA) is 32.8 Å². The highest BCUT2D eigenvalue weighted by atomic mass is 16.3. The number of furan rings is 2. The van der Waals surface area contributed by atoms with E-state index in [-0.39, 0.29) is 12.0 Å². The van der Waals surface area contributed by atoms with E-state index in [9.17, 15) is 0 Å². The van der Waals surface area contributed by atoms with Crippen molar-refractivity contribution in [1.29, 1.82) is 0 Å². The fraction of sp³-hybridized carbons (Fsp3) is 0.138. The van der Waals surface area contributed by atoms with Crippen LogP contribution in [0.25, 0.3) is 71.0 Å². The van der Waals surface area contributed by atoms with E-state index in [1.807, 2.05) is 0 Å². The van der Waals surface area contributed by atoms with Gasteiger partial charge in [-0.25, -0.2) is 0 Å².